The summed E-state index contributed by atoms with van der Waals surface area (Å²) >= 11 is 0. The second kappa shape index (κ2) is 9.12. The summed E-state index contributed by atoms with van der Waals surface area (Å²) < 4.78 is 4.86. The van der Waals surface area contributed by atoms with E-state index in [0.29, 0.717) is 0 Å². The number of aromatic hydroxyl groups is 1. The monoisotopic (exact) mass is 386 g/mol. The first-order chi connectivity index (χ1) is 13.3. The minimum absolute atomic E-state index is 0.128. The fourth-order valence-electron chi connectivity index (χ4n) is 2.29. The van der Waals surface area contributed by atoms with E-state index in [4.69, 9.17) is 4.74 Å². The van der Waals surface area contributed by atoms with Gasteiger partial charge in [0.1, 0.15) is 0 Å². The van der Waals surface area contributed by atoms with Gasteiger partial charge in [-0.05, 0) is 18.6 Å². The molecule has 0 aromatic heterocycles. The van der Waals surface area contributed by atoms with Crippen LogP contribution in [0.1, 0.15) is 24.1 Å². The average molecular weight is 386 g/mol. The highest BCUT2D eigenvalue weighted by atomic mass is 16.6. The van der Waals surface area contributed by atoms with Gasteiger partial charge in [-0.15, -0.1) is 0 Å². The van der Waals surface area contributed by atoms with Crippen molar-refractivity contribution in [2.24, 2.45) is 5.10 Å². The molecule has 28 heavy (non-hydrogen) atoms. The Morgan fingerprint density at radius 2 is 1.93 bits per heavy atom. The highest BCUT2D eigenvalue weighted by molar-refractivity contribution is 6.35. The number of amides is 2. The number of benzene rings is 2. The van der Waals surface area contributed by atoms with Gasteiger partial charge in [0, 0.05) is 11.6 Å². The number of nitro groups is 1. The van der Waals surface area contributed by atoms with E-state index >= 15 is 0 Å². The third-order valence-corrected chi connectivity index (χ3v) is 3.73. The number of hydrogen-bond acceptors (Lipinski definition) is 7. The molecule has 0 fully saturated rings. The highest BCUT2D eigenvalue weighted by Crippen LogP contribution is 2.36. The van der Waals surface area contributed by atoms with E-state index in [1.165, 1.54) is 13.2 Å². The molecule has 0 bridgehead atoms. The lowest BCUT2D eigenvalue weighted by atomic mass is 10.1. The summed E-state index contributed by atoms with van der Waals surface area (Å²) in [6.45, 7) is 1.73. The number of nitro benzene ring substituents is 1. The van der Waals surface area contributed by atoms with E-state index in [0.717, 1.165) is 17.8 Å². The quantitative estimate of drug-likeness (QED) is 0.298. The summed E-state index contributed by atoms with van der Waals surface area (Å²) in [6.07, 6.45) is 1.08. The second-order valence-corrected chi connectivity index (χ2v) is 5.65. The number of nitrogens with zero attached hydrogens (tertiary/aromatic N) is 2. The summed E-state index contributed by atoms with van der Waals surface area (Å²) in [5, 5.41) is 26.8. The largest absolute Gasteiger partial charge is 0.500 e. The van der Waals surface area contributed by atoms with Crippen LogP contribution >= 0.6 is 0 Å². The van der Waals surface area contributed by atoms with Gasteiger partial charge >= 0.3 is 17.5 Å². The Morgan fingerprint density at radius 1 is 1.25 bits per heavy atom. The van der Waals surface area contributed by atoms with Gasteiger partial charge < -0.3 is 15.2 Å². The molecule has 0 aliphatic heterocycles. The van der Waals surface area contributed by atoms with Crippen molar-refractivity contribution in [3.63, 3.8) is 0 Å². The highest BCUT2D eigenvalue weighted by Gasteiger charge is 2.20. The maximum Gasteiger partial charge on any atom is 0.329 e. The maximum absolute atomic E-state index is 11.9. The van der Waals surface area contributed by atoms with Gasteiger partial charge in [-0.25, -0.2) is 5.43 Å². The maximum atomic E-state index is 11.9. The number of carbonyl (C=O) groups is 2. The Labute approximate surface area is 160 Å². The molecule has 2 amide bonds. The smallest absolute Gasteiger partial charge is 0.329 e. The summed E-state index contributed by atoms with van der Waals surface area (Å²) in [7, 11) is 1.24. The van der Waals surface area contributed by atoms with Crippen LogP contribution in [0.15, 0.2) is 47.6 Å². The van der Waals surface area contributed by atoms with Gasteiger partial charge in [0.2, 0.25) is 5.75 Å². The van der Waals surface area contributed by atoms with Crippen LogP contribution in [0, 0.1) is 10.1 Å². The molecule has 146 valence electrons. The van der Waals surface area contributed by atoms with Crippen molar-refractivity contribution in [3.05, 3.63) is 63.7 Å². The molecule has 0 spiro atoms. The Balaban J connectivity index is 2.02. The molecule has 10 nitrogen and oxygen atoms in total. The molecule has 0 saturated carbocycles. The average Bonchev–Trinajstić information content (AvgIpc) is 2.69. The summed E-state index contributed by atoms with van der Waals surface area (Å²) in [5.74, 6) is -2.64. The Bertz CT molecular complexity index is 914. The lowest BCUT2D eigenvalue weighted by Gasteiger charge is -2.13. The third kappa shape index (κ3) is 5.04. The van der Waals surface area contributed by atoms with Crippen molar-refractivity contribution in [2.45, 2.75) is 13.0 Å². The van der Waals surface area contributed by atoms with Crippen LogP contribution in [-0.4, -0.2) is 35.2 Å². The lowest BCUT2D eigenvalue weighted by molar-refractivity contribution is -0.386. The van der Waals surface area contributed by atoms with Gasteiger partial charge in [-0.3, -0.25) is 19.7 Å². The lowest BCUT2D eigenvalue weighted by Crippen LogP contribution is -2.39. The summed E-state index contributed by atoms with van der Waals surface area (Å²) in [5.41, 5.74) is 2.46. The van der Waals surface area contributed by atoms with Crippen molar-refractivity contribution in [1.29, 1.82) is 0 Å². The molecule has 0 radical (unpaired) electrons. The van der Waals surface area contributed by atoms with Crippen LogP contribution in [0.4, 0.5) is 5.69 Å². The van der Waals surface area contributed by atoms with E-state index in [9.17, 15) is 24.8 Å². The molecule has 0 aliphatic carbocycles. The zero-order valence-electron chi connectivity index (χ0n) is 15.1. The molecule has 0 saturated heterocycles. The standard InChI is InChI=1S/C18H18N4O6/c1-11(13-6-4-3-5-7-13)20-17(24)18(25)21-19-10-12-8-14(22(26)27)16(23)15(9-12)28-2/h3-11,23H,1-2H3,(H,20,24)(H,21,25)/b19-10+/t11-/m1/s1. The van der Waals surface area contributed by atoms with Crippen LogP contribution in [0.2, 0.25) is 0 Å². The van der Waals surface area contributed by atoms with Crippen LogP contribution in [-0.2, 0) is 9.59 Å². The SMILES string of the molecule is COc1cc(/C=N/NC(=O)C(=O)N[C@H](C)c2ccccc2)cc([N+](=O)[O-])c1O. The molecule has 0 aliphatic rings. The zero-order valence-corrected chi connectivity index (χ0v) is 15.1. The van der Waals surface area contributed by atoms with E-state index < -0.39 is 28.2 Å². The van der Waals surface area contributed by atoms with Gasteiger partial charge in [-0.2, -0.15) is 5.10 Å². The van der Waals surface area contributed by atoms with Gasteiger partial charge in [0.15, 0.2) is 5.75 Å². The van der Waals surface area contributed by atoms with E-state index in [1.54, 1.807) is 6.92 Å². The molecule has 1 atom stereocenters. The molecule has 0 heterocycles. The minimum atomic E-state index is -1.00. The van der Waals surface area contributed by atoms with Gasteiger partial charge in [-0.1, -0.05) is 30.3 Å². The fraction of sp³-hybridized carbons (Fsp3) is 0.167. The number of phenolic OH excluding ortho intramolecular Hbond substituents is 1. The fourth-order valence-corrected chi connectivity index (χ4v) is 2.29. The molecular weight excluding hydrogens is 368 g/mol. The van der Waals surface area contributed by atoms with E-state index in [-0.39, 0.29) is 17.4 Å². The molecule has 10 heteroatoms. The molecule has 2 rings (SSSR count). The van der Waals surface area contributed by atoms with Crippen molar-refractivity contribution in [1.82, 2.24) is 10.7 Å². The minimum Gasteiger partial charge on any atom is -0.500 e. The number of hydrogen-bond donors (Lipinski definition) is 3. The number of phenols is 1. The number of rotatable bonds is 6. The van der Waals surface area contributed by atoms with Crippen LogP contribution in [0.3, 0.4) is 0 Å². The number of ether oxygens (including phenoxy) is 1. The van der Waals surface area contributed by atoms with Gasteiger partial charge in [0.25, 0.3) is 0 Å². The predicted octanol–water partition coefficient (Wildman–Crippen LogP) is 1.64. The Morgan fingerprint density at radius 3 is 2.54 bits per heavy atom. The number of carbonyl (C=O) groups excluding carboxylic acids is 2. The van der Waals surface area contributed by atoms with E-state index in [1.807, 2.05) is 35.8 Å². The van der Waals surface area contributed by atoms with Crippen molar-refractivity contribution >= 4 is 23.7 Å². The Hall–Kier alpha value is -3.95. The van der Waals surface area contributed by atoms with Gasteiger partial charge in [0.05, 0.1) is 24.3 Å². The first-order valence-electron chi connectivity index (χ1n) is 8.07. The number of methoxy groups -OCH3 is 1. The molecule has 0 unspecified atom stereocenters. The van der Waals surface area contributed by atoms with Crippen LogP contribution in [0.5, 0.6) is 11.5 Å². The summed E-state index contributed by atoms with van der Waals surface area (Å²) in [4.78, 5) is 33.9. The van der Waals surface area contributed by atoms with E-state index in [2.05, 4.69) is 10.4 Å². The van der Waals surface area contributed by atoms with Crippen LogP contribution < -0.4 is 15.5 Å². The van der Waals surface area contributed by atoms with Crippen LogP contribution in [0.25, 0.3) is 0 Å². The predicted molar refractivity (Wildman–Crippen MR) is 100 cm³/mol. The first kappa shape index (κ1) is 20.4. The zero-order chi connectivity index (χ0) is 20.7. The number of nitrogens with one attached hydrogen (secondary N) is 2. The molecular formula is C18H18N4O6. The van der Waals surface area contributed by atoms with Crippen molar-refractivity contribution in [3.8, 4) is 11.5 Å². The first-order valence-corrected chi connectivity index (χ1v) is 8.07. The third-order valence-electron chi connectivity index (χ3n) is 3.73. The topological polar surface area (TPSA) is 143 Å². The molecule has 2 aromatic carbocycles. The second-order valence-electron chi connectivity index (χ2n) is 5.65. The molecule has 3 N–H and O–H groups in total. The molecule has 2 aromatic rings. The van der Waals surface area contributed by atoms with Crippen molar-refractivity contribution in [2.75, 3.05) is 7.11 Å². The Kier molecular flexibility index (Phi) is 6.63. The summed E-state index contributed by atoms with van der Waals surface area (Å²) in [6, 6.07) is 11.0. The normalized spacial score (nSPS) is 11.6. The van der Waals surface area contributed by atoms with Crippen molar-refractivity contribution < 1.29 is 24.4 Å². The number of hydrazone groups is 1.